The Kier molecular flexibility index (Phi) is 10.2. The largest absolute Gasteiger partial charge is 0.485 e. The molecule has 3 aromatic rings. The van der Waals surface area contributed by atoms with Gasteiger partial charge in [0.05, 0.1) is 36.0 Å². The molecule has 0 spiro atoms. The number of nitrogens with one attached hydrogen (secondary N) is 3. The Morgan fingerprint density at radius 1 is 1.02 bits per heavy atom. The Morgan fingerprint density at radius 3 is 2.27 bits per heavy atom. The molecule has 0 fully saturated rings. The summed E-state index contributed by atoms with van der Waals surface area (Å²) in [5.41, 5.74) is -0.204. The standard InChI is InChI=1S/C31H33F4N5O5/c1-18-15-40(19(2)17-41)28(42)24-5-4-6-25(38-29(43)36-22-11-7-20(8-12-22)31(33,34)35)27(24)45-26(18)16-39(3)30(44)37-23-13-9-21(32)10-14-23/h4-14,18-19,26,41H,15-17H2,1-3H3,(H,37,44)(H2,36,38,43)/t18-,19-,26-/m1/s1. The Morgan fingerprint density at radius 2 is 1.64 bits per heavy atom. The van der Waals surface area contributed by atoms with Gasteiger partial charge in [0.25, 0.3) is 5.91 Å². The number of alkyl halides is 3. The van der Waals surface area contributed by atoms with E-state index < -0.39 is 47.7 Å². The second-order valence-corrected chi connectivity index (χ2v) is 10.8. The molecular formula is C31H33F4N5O5. The van der Waals surface area contributed by atoms with Gasteiger partial charge in [0.2, 0.25) is 0 Å². The zero-order valence-corrected chi connectivity index (χ0v) is 24.7. The Hall–Kier alpha value is -4.85. The Labute approximate surface area is 257 Å². The van der Waals surface area contributed by atoms with Gasteiger partial charge in [0, 0.05) is 30.9 Å². The number of para-hydroxylation sites is 1. The summed E-state index contributed by atoms with van der Waals surface area (Å²) < 4.78 is 58.4. The molecule has 1 aliphatic heterocycles. The van der Waals surface area contributed by atoms with Crippen molar-refractivity contribution in [2.45, 2.75) is 32.2 Å². The maximum atomic E-state index is 13.7. The van der Waals surface area contributed by atoms with E-state index in [9.17, 15) is 37.1 Å². The van der Waals surface area contributed by atoms with Crippen LogP contribution in [-0.4, -0.2) is 71.8 Å². The molecule has 0 aliphatic carbocycles. The molecule has 14 heteroatoms. The highest BCUT2D eigenvalue weighted by Gasteiger charge is 2.35. The molecule has 0 radical (unpaired) electrons. The Balaban J connectivity index is 1.59. The maximum Gasteiger partial charge on any atom is 0.416 e. The van der Waals surface area contributed by atoms with Gasteiger partial charge in [-0.3, -0.25) is 4.79 Å². The zero-order valence-electron chi connectivity index (χ0n) is 24.7. The quantitative estimate of drug-likeness (QED) is 0.243. The average molecular weight is 632 g/mol. The third kappa shape index (κ3) is 8.20. The van der Waals surface area contributed by atoms with Gasteiger partial charge in [-0.05, 0) is 67.6 Å². The van der Waals surface area contributed by atoms with E-state index >= 15 is 0 Å². The third-order valence-electron chi connectivity index (χ3n) is 7.31. The first kappa shape index (κ1) is 33.1. The molecule has 10 nitrogen and oxygen atoms in total. The lowest BCUT2D eigenvalue weighted by atomic mass is 9.99. The topological polar surface area (TPSA) is 123 Å². The minimum atomic E-state index is -4.53. The van der Waals surface area contributed by atoms with Gasteiger partial charge in [-0.2, -0.15) is 13.2 Å². The van der Waals surface area contributed by atoms with E-state index in [0.29, 0.717) is 5.69 Å². The molecule has 4 rings (SSSR count). The predicted molar refractivity (Wildman–Crippen MR) is 160 cm³/mol. The number of benzene rings is 3. The minimum absolute atomic E-state index is 0.0177. The predicted octanol–water partition coefficient (Wildman–Crippen LogP) is 5.87. The fraction of sp³-hybridized carbons (Fsp3) is 0.323. The molecule has 1 heterocycles. The van der Waals surface area contributed by atoms with Gasteiger partial charge in [-0.15, -0.1) is 0 Å². The summed E-state index contributed by atoms with van der Waals surface area (Å²) in [6.07, 6.45) is -5.24. The van der Waals surface area contributed by atoms with Crippen LogP contribution >= 0.6 is 0 Å². The molecule has 4 N–H and O–H groups in total. The van der Waals surface area contributed by atoms with E-state index in [1.165, 1.54) is 59.3 Å². The number of carbonyl (C=O) groups excluding carboxylic acids is 3. The average Bonchev–Trinajstić information content (AvgIpc) is 2.99. The van der Waals surface area contributed by atoms with Gasteiger partial charge in [0.1, 0.15) is 11.9 Å². The number of anilines is 3. The highest BCUT2D eigenvalue weighted by molar-refractivity contribution is 6.04. The molecule has 45 heavy (non-hydrogen) atoms. The van der Waals surface area contributed by atoms with E-state index in [1.807, 2.05) is 6.92 Å². The molecule has 0 saturated carbocycles. The molecule has 0 unspecified atom stereocenters. The van der Waals surface area contributed by atoms with Gasteiger partial charge in [-0.1, -0.05) is 13.0 Å². The SMILES string of the molecule is C[C@@H]1CN([C@H](C)CO)C(=O)c2cccc(NC(=O)Nc3ccc(C(F)(F)F)cc3)c2O[C@@H]1CN(C)C(=O)Nc1ccc(F)cc1. The summed E-state index contributed by atoms with van der Waals surface area (Å²) in [5, 5.41) is 17.6. The number of hydrogen-bond donors (Lipinski definition) is 4. The fourth-order valence-corrected chi connectivity index (χ4v) is 4.69. The van der Waals surface area contributed by atoms with Crippen molar-refractivity contribution in [3.8, 4) is 5.75 Å². The van der Waals surface area contributed by atoms with Crippen molar-refractivity contribution < 1.29 is 41.8 Å². The lowest BCUT2D eigenvalue weighted by Crippen LogP contribution is -2.50. The first-order valence-corrected chi connectivity index (χ1v) is 14.0. The summed E-state index contributed by atoms with van der Waals surface area (Å²) in [6.45, 7) is 3.41. The maximum absolute atomic E-state index is 13.7. The van der Waals surface area contributed by atoms with Crippen LogP contribution in [0, 0.1) is 11.7 Å². The van der Waals surface area contributed by atoms with Crippen LogP contribution in [-0.2, 0) is 6.18 Å². The van der Waals surface area contributed by atoms with Crippen LogP contribution in [0.15, 0.2) is 66.7 Å². The number of carbonyl (C=O) groups is 3. The minimum Gasteiger partial charge on any atom is -0.485 e. The molecule has 240 valence electrons. The second-order valence-electron chi connectivity index (χ2n) is 10.8. The molecular weight excluding hydrogens is 598 g/mol. The van der Waals surface area contributed by atoms with Crippen LogP contribution in [0.1, 0.15) is 29.8 Å². The van der Waals surface area contributed by atoms with Crippen LogP contribution < -0.4 is 20.7 Å². The van der Waals surface area contributed by atoms with Crippen LogP contribution in [0.25, 0.3) is 0 Å². The van der Waals surface area contributed by atoms with Gasteiger partial charge in [0.15, 0.2) is 5.75 Å². The highest BCUT2D eigenvalue weighted by atomic mass is 19.4. The molecule has 0 bridgehead atoms. The first-order chi connectivity index (χ1) is 21.3. The number of ether oxygens (including phenoxy) is 1. The van der Waals surface area contributed by atoms with Crippen LogP contribution in [0.4, 0.5) is 44.2 Å². The lowest BCUT2D eigenvalue weighted by molar-refractivity contribution is -0.137. The molecule has 1 aliphatic rings. The number of hydrogen-bond acceptors (Lipinski definition) is 5. The fourth-order valence-electron chi connectivity index (χ4n) is 4.69. The molecule has 3 atom stereocenters. The van der Waals surface area contributed by atoms with Crippen molar-refractivity contribution in [1.29, 1.82) is 0 Å². The molecule has 0 saturated heterocycles. The summed E-state index contributed by atoms with van der Waals surface area (Å²) in [4.78, 5) is 42.4. The van der Waals surface area contributed by atoms with Gasteiger partial charge < -0.3 is 35.6 Å². The summed E-state index contributed by atoms with van der Waals surface area (Å²) in [5.74, 6) is -1.26. The monoisotopic (exact) mass is 631 g/mol. The summed E-state index contributed by atoms with van der Waals surface area (Å²) in [7, 11) is 1.54. The van der Waals surface area contributed by atoms with Crippen LogP contribution in [0.5, 0.6) is 5.75 Å². The number of rotatable bonds is 7. The van der Waals surface area contributed by atoms with E-state index in [4.69, 9.17) is 4.74 Å². The highest BCUT2D eigenvalue weighted by Crippen LogP contribution is 2.35. The normalized spacial score (nSPS) is 17.2. The van der Waals surface area contributed by atoms with Gasteiger partial charge >= 0.3 is 18.2 Å². The lowest BCUT2D eigenvalue weighted by Gasteiger charge is -2.38. The third-order valence-corrected chi connectivity index (χ3v) is 7.31. The Bertz CT molecular complexity index is 1520. The van der Waals surface area contributed by atoms with Crippen molar-refractivity contribution in [1.82, 2.24) is 9.80 Å². The zero-order chi connectivity index (χ0) is 32.9. The number of aliphatic hydroxyl groups is 1. The van der Waals surface area contributed by atoms with E-state index in [1.54, 1.807) is 6.92 Å². The number of nitrogens with zero attached hydrogens (tertiary/aromatic N) is 2. The number of fused-ring (bicyclic) bond motifs is 1. The van der Waals surface area contributed by atoms with Crippen molar-refractivity contribution >= 4 is 35.0 Å². The van der Waals surface area contributed by atoms with Crippen molar-refractivity contribution in [3.63, 3.8) is 0 Å². The number of amides is 5. The number of urea groups is 2. The van der Waals surface area contributed by atoms with E-state index in [0.717, 1.165) is 24.3 Å². The summed E-state index contributed by atoms with van der Waals surface area (Å²) in [6, 6.07) is 11.8. The van der Waals surface area contributed by atoms with Crippen LogP contribution in [0.3, 0.4) is 0 Å². The number of likely N-dealkylation sites (N-methyl/N-ethyl adjacent to an activating group) is 1. The molecule has 0 aromatic heterocycles. The van der Waals surface area contributed by atoms with Crippen molar-refractivity contribution in [2.75, 3.05) is 42.7 Å². The second kappa shape index (κ2) is 13.8. The van der Waals surface area contributed by atoms with Crippen molar-refractivity contribution in [3.05, 3.63) is 83.7 Å². The van der Waals surface area contributed by atoms with Crippen molar-refractivity contribution in [2.24, 2.45) is 5.92 Å². The summed E-state index contributed by atoms with van der Waals surface area (Å²) >= 11 is 0. The van der Waals surface area contributed by atoms with Gasteiger partial charge in [-0.25, -0.2) is 14.0 Å². The van der Waals surface area contributed by atoms with E-state index in [2.05, 4.69) is 16.0 Å². The first-order valence-electron chi connectivity index (χ1n) is 14.0. The smallest absolute Gasteiger partial charge is 0.416 e. The molecule has 5 amide bonds. The number of halogens is 4. The number of aliphatic hydroxyl groups excluding tert-OH is 1. The molecule has 3 aromatic carbocycles. The van der Waals surface area contributed by atoms with Crippen LogP contribution in [0.2, 0.25) is 0 Å². The van der Waals surface area contributed by atoms with E-state index in [-0.39, 0.29) is 48.3 Å².